The Labute approximate surface area is 105 Å². The zero-order valence-electron chi connectivity index (χ0n) is 9.84. The highest BCUT2D eigenvalue weighted by molar-refractivity contribution is 5.99. The number of carbonyl (C=O) groups is 2. The van der Waals surface area contributed by atoms with E-state index in [1.54, 1.807) is 4.98 Å². The fourth-order valence-corrected chi connectivity index (χ4v) is 1.94. The Morgan fingerprint density at radius 3 is 2.58 bits per heavy atom. The molecule has 2 N–H and O–H groups in total. The second-order valence-corrected chi connectivity index (χ2v) is 4.11. The number of aromatic amines is 1. The molecule has 0 bridgehead atoms. The molecule has 1 aliphatic heterocycles. The Hall–Kier alpha value is -2.45. The standard InChI is InChI=1S/C10H10FN3O5/c1-13-5(15)3-2-4(8(13)17)14-9(18)6(11)7(16)12-10(14)19/h4,18H,2-3H2,1H3,(H,12,16,19). The molecule has 0 spiro atoms. The van der Waals surface area contributed by atoms with Crippen LogP contribution >= 0.6 is 0 Å². The highest BCUT2D eigenvalue weighted by atomic mass is 19.1. The minimum absolute atomic E-state index is 0.0282. The van der Waals surface area contributed by atoms with Crippen LogP contribution in [0.5, 0.6) is 5.88 Å². The average Bonchev–Trinajstić information content (AvgIpc) is 2.36. The van der Waals surface area contributed by atoms with Gasteiger partial charge in [0.1, 0.15) is 6.04 Å². The van der Waals surface area contributed by atoms with Gasteiger partial charge in [0.15, 0.2) is 0 Å². The van der Waals surface area contributed by atoms with Crippen LogP contribution in [0, 0.1) is 5.82 Å². The van der Waals surface area contributed by atoms with Crippen molar-refractivity contribution in [1.29, 1.82) is 0 Å². The summed E-state index contributed by atoms with van der Waals surface area (Å²) in [6, 6.07) is -1.22. The summed E-state index contributed by atoms with van der Waals surface area (Å²) < 4.78 is 13.7. The Kier molecular flexibility index (Phi) is 2.97. The molecule has 19 heavy (non-hydrogen) atoms. The van der Waals surface area contributed by atoms with Gasteiger partial charge in [-0.1, -0.05) is 0 Å². The third kappa shape index (κ3) is 1.92. The molecule has 8 nitrogen and oxygen atoms in total. The maximum atomic E-state index is 13.3. The van der Waals surface area contributed by atoms with E-state index in [1.165, 1.54) is 7.05 Å². The summed E-state index contributed by atoms with van der Waals surface area (Å²) in [5, 5.41) is 9.49. The van der Waals surface area contributed by atoms with E-state index in [1.807, 2.05) is 0 Å². The van der Waals surface area contributed by atoms with Gasteiger partial charge in [0.2, 0.25) is 17.6 Å². The predicted octanol–water partition coefficient (Wildman–Crippen LogP) is -1.30. The molecule has 1 aliphatic rings. The average molecular weight is 271 g/mol. The lowest BCUT2D eigenvalue weighted by atomic mass is 10.0. The lowest BCUT2D eigenvalue weighted by Gasteiger charge is -2.28. The maximum absolute atomic E-state index is 13.3. The van der Waals surface area contributed by atoms with E-state index < -0.39 is 40.8 Å². The summed E-state index contributed by atoms with van der Waals surface area (Å²) in [4.78, 5) is 48.1. The molecule has 1 atom stereocenters. The van der Waals surface area contributed by atoms with Crippen LogP contribution in [0.2, 0.25) is 0 Å². The molecule has 0 aliphatic carbocycles. The number of H-pyrrole nitrogens is 1. The van der Waals surface area contributed by atoms with Gasteiger partial charge in [0.05, 0.1) is 0 Å². The predicted molar refractivity (Wildman–Crippen MR) is 59.0 cm³/mol. The molecule has 102 valence electrons. The molecule has 2 heterocycles. The van der Waals surface area contributed by atoms with E-state index in [4.69, 9.17) is 0 Å². The number of amides is 2. The highest BCUT2D eigenvalue weighted by Crippen LogP contribution is 2.25. The number of halogens is 1. The van der Waals surface area contributed by atoms with Crippen molar-refractivity contribution in [3.63, 3.8) is 0 Å². The molecule has 2 rings (SSSR count). The Morgan fingerprint density at radius 2 is 1.95 bits per heavy atom. The van der Waals surface area contributed by atoms with E-state index in [0.717, 1.165) is 4.90 Å². The second kappa shape index (κ2) is 4.34. The van der Waals surface area contributed by atoms with Crippen LogP contribution in [0.4, 0.5) is 4.39 Å². The molecule has 1 aromatic rings. The minimum Gasteiger partial charge on any atom is -0.492 e. The van der Waals surface area contributed by atoms with Gasteiger partial charge in [-0.25, -0.2) is 9.36 Å². The van der Waals surface area contributed by atoms with Crippen molar-refractivity contribution in [3.8, 4) is 5.88 Å². The fourth-order valence-electron chi connectivity index (χ4n) is 1.94. The lowest BCUT2D eigenvalue weighted by molar-refractivity contribution is -0.149. The number of rotatable bonds is 1. The number of likely N-dealkylation sites (tertiary alicyclic amines) is 1. The molecular formula is C10H10FN3O5. The quantitative estimate of drug-likeness (QED) is 0.616. The number of nitrogens with zero attached hydrogens (tertiary/aromatic N) is 2. The van der Waals surface area contributed by atoms with Gasteiger partial charge in [0.25, 0.3) is 11.5 Å². The summed E-state index contributed by atoms with van der Waals surface area (Å²) in [6.07, 6.45) is -0.0828. The van der Waals surface area contributed by atoms with Crippen molar-refractivity contribution in [2.45, 2.75) is 18.9 Å². The van der Waals surface area contributed by atoms with E-state index in [-0.39, 0.29) is 12.8 Å². The second-order valence-electron chi connectivity index (χ2n) is 4.11. The molecule has 0 saturated carbocycles. The molecule has 0 radical (unpaired) electrons. The molecule has 1 aromatic heterocycles. The van der Waals surface area contributed by atoms with E-state index in [9.17, 15) is 28.7 Å². The molecule has 2 amide bonds. The van der Waals surface area contributed by atoms with Crippen molar-refractivity contribution >= 4 is 11.8 Å². The first-order valence-corrected chi connectivity index (χ1v) is 5.38. The van der Waals surface area contributed by atoms with Crippen molar-refractivity contribution < 1.29 is 19.1 Å². The minimum atomic E-state index is -1.55. The van der Waals surface area contributed by atoms with Gasteiger partial charge in [-0.15, -0.1) is 0 Å². The fraction of sp³-hybridized carbons (Fsp3) is 0.400. The molecular weight excluding hydrogens is 261 g/mol. The normalized spacial score (nSPS) is 19.9. The van der Waals surface area contributed by atoms with Gasteiger partial charge < -0.3 is 5.11 Å². The van der Waals surface area contributed by atoms with Crippen LogP contribution in [0.1, 0.15) is 18.9 Å². The molecule has 9 heteroatoms. The Morgan fingerprint density at radius 1 is 1.32 bits per heavy atom. The number of hydrogen-bond donors (Lipinski definition) is 2. The number of aromatic nitrogens is 2. The van der Waals surface area contributed by atoms with Gasteiger partial charge in [-0.2, -0.15) is 4.39 Å². The maximum Gasteiger partial charge on any atom is 0.332 e. The Bertz CT molecular complexity index is 677. The number of carbonyl (C=O) groups excluding carboxylic acids is 2. The van der Waals surface area contributed by atoms with Crippen molar-refractivity contribution in [2.75, 3.05) is 7.05 Å². The van der Waals surface area contributed by atoms with Crippen LogP contribution in [0.25, 0.3) is 0 Å². The van der Waals surface area contributed by atoms with Crippen molar-refractivity contribution in [1.82, 2.24) is 14.5 Å². The zero-order valence-corrected chi connectivity index (χ0v) is 9.84. The first-order valence-electron chi connectivity index (χ1n) is 5.38. The summed E-state index contributed by atoms with van der Waals surface area (Å²) in [5.41, 5.74) is -2.48. The molecule has 1 fully saturated rings. The first-order chi connectivity index (χ1) is 8.84. The summed E-state index contributed by atoms with van der Waals surface area (Å²) in [5.74, 6) is -3.94. The van der Waals surface area contributed by atoms with Crippen LogP contribution in [0.3, 0.4) is 0 Å². The third-order valence-corrected chi connectivity index (χ3v) is 3.00. The van der Waals surface area contributed by atoms with E-state index in [0.29, 0.717) is 4.57 Å². The number of nitrogens with one attached hydrogen (secondary N) is 1. The zero-order chi connectivity index (χ0) is 14.3. The van der Waals surface area contributed by atoms with E-state index >= 15 is 0 Å². The summed E-state index contributed by atoms with van der Waals surface area (Å²) in [7, 11) is 1.22. The molecule has 0 aromatic carbocycles. The Balaban J connectivity index is 2.58. The highest BCUT2D eigenvalue weighted by Gasteiger charge is 2.35. The number of imide groups is 1. The first kappa shape index (κ1) is 13.0. The van der Waals surface area contributed by atoms with Gasteiger partial charge in [-0.3, -0.25) is 24.3 Å². The van der Waals surface area contributed by atoms with E-state index in [2.05, 4.69) is 0 Å². The smallest absolute Gasteiger partial charge is 0.332 e. The molecule has 1 unspecified atom stereocenters. The van der Waals surface area contributed by atoms with Gasteiger partial charge in [-0.05, 0) is 6.42 Å². The van der Waals surface area contributed by atoms with Crippen LogP contribution in [0.15, 0.2) is 9.59 Å². The topological polar surface area (TPSA) is 112 Å². The van der Waals surface area contributed by atoms with Crippen molar-refractivity contribution in [2.24, 2.45) is 0 Å². The van der Waals surface area contributed by atoms with Crippen LogP contribution < -0.4 is 11.2 Å². The molecule has 1 saturated heterocycles. The van der Waals surface area contributed by atoms with Crippen molar-refractivity contribution in [3.05, 3.63) is 26.7 Å². The van der Waals surface area contributed by atoms with Gasteiger partial charge >= 0.3 is 5.69 Å². The largest absolute Gasteiger partial charge is 0.492 e. The summed E-state index contributed by atoms with van der Waals surface area (Å²) in [6.45, 7) is 0. The van der Waals surface area contributed by atoms with Crippen LogP contribution in [-0.2, 0) is 9.59 Å². The monoisotopic (exact) mass is 271 g/mol. The van der Waals surface area contributed by atoms with Crippen LogP contribution in [-0.4, -0.2) is 38.4 Å². The number of likely N-dealkylation sites (N-methyl/N-ethyl adjacent to an activating group) is 1. The lowest BCUT2D eigenvalue weighted by Crippen LogP contribution is -2.47. The number of aromatic hydroxyl groups is 1. The third-order valence-electron chi connectivity index (χ3n) is 3.00. The summed E-state index contributed by atoms with van der Waals surface area (Å²) >= 11 is 0. The SMILES string of the molecule is CN1C(=O)CCC(n2c(O)c(F)c(=O)[nH]c2=O)C1=O. The number of hydrogen-bond acceptors (Lipinski definition) is 5. The number of piperidine rings is 1. The van der Waals surface area contributed by atoms with Gasteiger partial charge in [0, 0.05) is 13.5 Å².